The van der Waals surface area contributed by atoms with Gasteiger partial charge in [-0.3, -0.25) is 4.79 Å². The van der Waals surface area contributed by atoms with E-state index in [2.05, 4.69) is 15.5 Å². The summed E-state index contributed by atoms with van der Waals surface area (Å²) in [7, 11) is 0. The molecule has 7 heteroatoms. The van der Waals surface area contributed by atoms with E-state index in [9.17, 15) is 4.79 Å². The monoisotopic (exact) mass is 317 g/mol. The third kappa shape index (κ3) is 3.44. The third-order valence-corrected chi connectivity index (χ3v) is 3.50. The minimum absolute atomic E-state index is 0.124. The molecule has 1 aliphatic rings. The molecule has 23 heavy (non-hydrogen) atoms. The number of amides is 1. The fraction of sp³-hybridized carbons (Fsp3) is 0.438. The minimum Gasteiger partial charge on any atom is -0.454 e. The molecular formula is C16H19N3O4. The van der Waals surface area contributed by atoms with Crippen LogP contribution in [0.3, 0.4) is 0 Å². The van der Waals surface area contributed by atoms with Gasteiger partial charge in [0.25, 0.3) is 0 Å². The number of carbonyl (C=O) groups is 1. The summed E-state index contributed by atoms with van der Waals surface area (Å²) in [6, 6.07) is 5.13. The summed E-state index contributed by atoms with van der Waals surface area (Å²) in [6.45, 7) is 5.98. The summed E-state index contributed by atoms with van der Waals surface area (Å²) in [6.07, 6.45) is 0.242. The molecule has 3 rings (SSSR count). The quantitative estimate of drug-likeness (QED) is 0.911. The van der Waals surface area contributed by atoms with E-state index in [0.717, 1.165) is 5.56 Å². The van der Waals surface area contributed by atoms with Crippen LogP contribution in [0, 0.1) is 0 Å². The summed E-state index contributed by atoms with van der Waals surface area (Å²) in [4.78, 5) is 12.2. The molecule has 122 valence electrons. The van der Waals surface area contributed by atoms with Gasteiger partial charge in [0.15, 0.2) is 11.5 Å². The average molecular weight is 317 g/mol. The van der Waals surface area contributed by atoms with Gasteiger partial charge in [-0.25, -0.2) is 0 Å². The first kappa shape index (κ1) is 15.3. The minimum atomic E-state index is -0.337. The molecule has 0 saturated heterocycles. The molecule has 1 amide bonds. The fourth-order valence-electron chi connectivity index (χ4n) is 2.25. The van der Waals surface area contributed by atoms with Crippen LogP contribution in [-0.4, -0.2) is 22.9 Å². The molecule has 0 unspecified atom stereocenters. The Morgan fingerprint density at radius 1 is 1.17 bits per heavy atom. The van der Waals surface area contributed by atoms with Crippen molar-refractivity contribution in [3.8, 4) is 11.5 Å². The second-order valence-corrected chi connectivity index (χ2v) is 5.79. The van der Waals surface area contributed by atoms with Crippen molar-refractivity contribution in [2.75, 3.05) is 6.79 Å². The maximum Gasteiger partial charge on any atom is 0.238 e. The Kier molecular flexibility index (Phi) is 4.18. The summed E-state index contributed by atoms with van der Waals surface area (Å²) >= 11 is 0. The van der Waals surface area contributed by atoms with Gasteiger partial charge in [-0.2, -0.15) is 0 Å². The molecule has 1 aromatic carbocycles. The van der Waals surface area contributed by atoms with Crippen LogP contribution in [0.1, 0.15) is 50.1 Å². The van der Waals surface area contributed by atoms with Gasteiger partial charge in [0.05, 0.1) is 6.42 Å². The van der Waals surface area contributed by atoms with Gasteiger partial charge in [-0.1, -0.05) is 19.9 Å². The van der Waals surface area contributed by atoms with Crippen LogP contribution in [0.25, 0.3) is 0 Å². The lowest BCUT2D eigenvalue weighted by Gasteiger charge is -2.10. The molecule has 1 aliphatic heterocycles. The molecule has 0 radical (unpaired) electrons. The van der Waals surface area contributed by atoms with Crippen LogP contribution in [-0.2, 0) is 11.2 Å². The zero-order chi connectivity index (χ0) is 16.4. The number of aromatic nitrogens is 2. The van der Waals surface area contributed by atoms with E-state index in [1.165, 1.54) is 0 Å². The second kappa shape index (κ2) is 6.28. The number of hydrogen-bond donors (Lipinski definition) is 1. The lowest BCUT2D eigenvalue weighted by Crippen LogP contribution is -2.28. The van der Waals surface area contributed by atoms with E-state index in [1.807, 2.05) is 32.9 Å². The second-order valence-electron chi connectivity index (χ2n) is 5.79. The summed E-state index contributed by atoms with van der Waals surface area (Å²) in [5.74, 6) is 2.38. The fourth-order valence-corrected chi connectivity index (χ4v) is 2.25. The highest BCUT2D eigenvalue weighted by atomic mass is 16.7. The zero-order valence-electron chi connectivity index (χ0n) is 13.3. The summed E-state index contributed by atoms with van der Waals surface area (Å²) in [5, 5.41) is 10.8. The largest absolute Gasteiger partial charge is 0.454 e. The van der Waals surface area contributed by atoms with E-state index in [-0.39, 0.29) is 31.1 Å². The van der Waals surface area contributed by atoms with Crippen LogP contribution in [0.4, 0.5) is 0 Å². The van der Waals surface area contributed by atoms with Crippen LogP contribution in [0.15, 0.2) is 22.6 Å². The molecule has 0 spiro atoms. The molecule has 0 bridgehead atoms. The molecule has 0 fully saturated rings. The van der Waals surface area contributed by atoms with Crippen molar-refractivity contribution < 1.29 is 18.7 Å². The van der Waals surface area contributed by atoms with Crippen molar-refractivity contribution in [3.63, 3.8) is 0 Å². The van der Waals surface area contributed by atoms with Crippen molar-refractivity contribution in [1.29, 1.82) is 0 Å². The van der Waals surface area contributed by atoms with Crippen LogP contribution < -0.4 is 14.8 Å². The molecule has 0 saturated carbocycles. The standard InChI is InChI=1S/C16H19N3O4/c1-9(2)15-18-19-16(23-15)10(3)17-14(20)7-11-4-5-12-13(6-11)22-8-21-12/h4-6,9-10H,7-8H2,1-3H3,(H,17,20)/t10-/m1/s1. The van der Waals surface area contributed by atoms with E-state index >= 15 is 0 Å². The smallest absolute Gasteiger partial charge is 0.238 e. The molecule has 2 aromatic rings. The summed E-state index contributed by atoms with van der Waals surface area (Å²) in [5.41, 5.74) is 0.854. The van der Waals surface area contributed by atoms with Crippen molar-refractivity contribution in [2.45, 2.75) is 39.2 Å². The Morgan fingerprint density at radius 3 is 2.65 bits per heavy atom. The van der Waals surface area contributed by atoms with Gasteiger partial charge in [0.1, 0.15) is 6.04 Å². The first-order valence-corrected chi connectivity index (χ1v) is 7.54. The number of nitrogens with zero attached hydrogens (tertiary/aromatic N) is 2. The highest BCUT2D eigenvalue weighted by Gasteiger charge is 2.19. The summed E-state index contributed by atoms with van der Waals surface area (Å²) < 4.78 is 16.1. The molecule has 7 nitrogen and oxygen atoms in total. The number of fused-ring (bicyclic) bond motifs is 1. The lowest BCUT2D eigenvalue weighted by atomic mass is 10.1. The van der Waals surface area contributed by atoms with Gasteiger partial charge in [0, 0.05) is 5.92 Å². The van der Waals surface area contributed by atoms with Gasteiger partial charge in [-0.15, -0.1) is 10.2 Å². The maximum absolute atomic E-state index is 12.2. The first-order chi connectivity index (χ1) is 11.0. The van der Waals surface area contributed by atoms with Crippen molar-refractivity contribution in [3.05, 3.63) is 35.5 Å². The Morgan fingerprint density at radius 2 is 1.91 bits per heavy atom. The van der Waals surface area contributed by atoms with Crippen molar-refractivity contribution in [2.24, 2.45) is 0 Å². The molecule has 0 aliphatic carbocycles. The van der Waals surface area contributed by atoms with E-state index in [0.29, 0.717) is 23.3 Å². The predicted molar refractivity (Wildman–Crippen MR) is 81.2 cm³/mol. The highest BCUT2D eigenvalue weighted by molar-refractivity contribution is 5.79. The SMILES string of the molecule is CC(C)c1nnc([C@@H](C)NC(=O)Cc2ccc3c(c2)OCO3)o1. The van der Waals surface area contributed by atoms with Crippen molar-refractivity contribution >= 4 is 5.91 Å². The molecule has 1 aromatic heterocycles. The van der Waals surface area contributed by atoms with Gasteiger partial charge in [0.2, 0.25) is 24.5 Å². The number of benzene rings is 1. The topological polar surface area (TPSA) is 86.5 Å². The Bertz CT molecular complexity index is 711. The average Bonchev–Trinajstić information content (AvgIpc) is 3.15. The Hall–Kier alpha value is -2.57. The van der Waals surface area contributed by atoms with Gasteiger partial charge in [-0.05, 0) is 24.6 Å². The van der Waals surface area contributed by atoms with Crippen LogP contribution >= 0.6 is 0 Å². The third-order valence-electron chi connectivity index (χ3n) is 3.50. The van der Waals surface area contributed by atoms with Gasteiger partial charge < -0.3 is 19.2 Å². The Labute approximate surface area is 134 Å². The normalized spacial score (nSPS) is 14.1. The maximum atomic E-state index is 12.2. The van der Waals surface area contributed by atoms with E-state index < -0.39 is 0 Å². The Balaban J connectivity index is 1.60. The zero-order valence-corrected chi connectivity index (χ0v) is 13.3. The number of rotatable bonds is 5. The van der Waals surface area contributed by atoms with Gasteiger partial charge >= 0.3 is 0 Å². The number of carbonyl (C=O) groups excluding carboxylic acids is 1. The van der Waals surface area contributed by atoms with Crippen LogP contribution in [0.2, 0.25) is 0 Å². The number of nitrogens with one attached hydrogen (secondary N) is 1. The first-order valence-electron chi connectivity index (χ1n) is 7.54. The van der Waals surface area contributed by atoms with Crippen molar-refractivity contribution in [1.82, 2.24) is 15.5 Å². The van der Waals surface area contributed by atoms with E-state index in [4.69, 9.17) is 13.9 Å². The van der Waals surface area contributed by atoms with Crippen LogP contribution in [0.5, 0.6) is 11.5 Å². The number of ether oxygens (including phenoxy) is 2. The lowest BCUT2D eigenvalue weighted by molar-refractivity contribution is -0.121. The highest BCUT2D eigenvalue weighted by Crippen LogP contribution is 2.32. The predicted octanol–water partition coefficient (Wildman–Crippen LogP) is 2.34. The molecule has 1 atom stereocenters. The number of hydrogen-bond acceptors (Lipinski definition) is 6. The van der Waals surface area contributed by atoms with E-state index in [1.54, 1.807) is 6.07 Å². The molecular weight excluding hydrogens is 298 g/mol. The molecule has 1 N–H and O–H groups in total. The molecule has 2 heterocycles.